The molecule has 0 unspecified atom stereocenters. The van der Waals surface area contributed by atoms with Crippen LogP contribution in [0.1, 0.15) is 0 Å². The van der Waals surface area contributed by atoms with Crippen molar-refractivity contribution in [3.8, 4) is 11.1 Å². The van der Waals surface area contributed by atoms with E-state index in [0.29, 0.717) is 0 Å². The Balaban J connectivity index is 1.81. The van der Waals surface area contributed by atoms with Crippen molar-refractivity contribution in [2.45, 2.75) is 0 Å². The lowest BCUT2D eigenvalue weighted by molar-refractivity contribution is 0.628. The van der Waals surface area contributed by atoms with Gasteiger partial charge in [0.25, 0.3) is 0 Å². The van der Waals surface area contributed by atoms with Gasteiger partial charge < -0.3 is 5.32 Å². The van der Waals surface area contributed by atoms with Gasteiger partial charge in [-0.05, 0) is 35.4 Å². The van der Waals surface area contributed by atoms with E-state index in [1.165, 1.54) is 12.1 Å². The molecule has 3 rings (SSSR count). The van der Waals surface area contributed by atoms with Crippen LogP contribution in [0.2, 0.25) is 0 Å². The number of anilines is 2. The summed E-state index contributed by atoms with van der Waals surface area (Å²) in [5, 5.41) is 7.39. The van der Waals surface area contributed by atoms with Crippen LogP contribution in [0.3, 0.4) is 0 Å². The van der Waals surface area contributed by atoms with E-state index in [1.54, 1.807) is 23.0 Å². The molecule has 0 saturated carbocycles. The van der Waals surface area contributed by atoms with Crippen molar-refractivity contribution in [2.75, 3.05) is 5.32 Å². The molecule has 4 heteroatoms. The zero-order valence-corrected chi connectivity index (χ0v) is 11.0. The van der Waals surface area contributed by atoms with Gasteiger partial charge in [-0.2, -0.15) is 5.10 Å². The predicted molar refractivity (Wildman–Crippen MR) is 78.3 cm³/mol. The molecule has 0 saturated heterocycles. The molecule has 0 aliphatic carbocycles. The number of halogens is 1. The van der Waals surface area contributed by atoms with E-state index in [1.807, 2.05) is 37.4 Å². The van der Waals surface area contributed by atoms with Crippen LogP contribution in [-0.2, 0) is 7.05 Å². The largest absolute Gasteiger partial charge is 0.340 e. The van der Waals surface area contributed by atoms with Crippen molar-refractivity contribution in [2.24, 2.45) is 7.05 Å². The first-order valence-electron chi connectivity index (χ1n) is 6.33. The first-order valence-corrected chi connectivity index (χ1v) is 6.33. The minimum atomic E-state index is -0.219. The molecule has 0 fully saturated rings. The summed E-state index contributed by atoms with van der Waals surface area (Å²) in [5.41, 5.74) is 3.04. The van der Waals surface area contributed by atoms with Gasteiger partial charge in [-0.15, -0.1) is 0 Å². The molecule has 100 valence electrons. The van der Waals surface area contributed by atoms with E-state index in [0.717, 1.165) is 22.6 Å². The Labute approximate surface area is 116 Å². The quantitative estimate of drug-likeness (QED) is 0.778. The highest BCUT2D eigenvalue weighted by Crippen LogP contribution is 2.23. The zero-order chi connectivity index (χ0) is 13.9. The summed E-state index contributed by atoms with van der Waals surface area (Å²) in [6, 6.07) is 16.4. The van der Waals surface area contributed by atoms with Gasteiger partial charge in [0.05, 0.1) is 6.20 Å². The summed E-state index contributed by atoms with van der Waals surface area (Å²) < 4.78 is 14.7. The highest BCUT2D eigenvalue weighted by Gasteiger charge is 2.01. The Morgan fingerprint density at radius 1 is 0.900 bits per heavy atom. The molecule has 3 aromatic rings. The maximum Gasteiger partial charge on any atom is 0.128 e. The molecule has 0 aliphatic heterocycles. The summed E-state index contributed by atoms with van der Waals surface area (Å²) >= 11 is 0. The molecule has 0 amide bonds. The lowest BCUT2D eigenvalue weighted by Gasteiger charge is -2.08. The van der Waals surface area contributed by atoms with Gasteiger partial charge in [-0.25, -0.2) is 4.39 Å². The fraction of sp³-hybridized carbons (Fsp3) is 0.0625. The summed E-state index contributed by atoms with van der Waals surface area (Å²) in [6.45, 7) is 0. The molecule has 1 aromatic heterocycles. The Bertz CT molecular complexity index is 699. The van der Waals surface area contributed by atoms with Gasteiger partial charge in [0, 0.05) is 18.8 Å². The molecule has 3 nitrogen and oxygen atoms in total. The minimum absolute atomic E-state index is 0.219. The number of benzene rings is 2. The number of aryl methyl sites for hydroxylation is 1. The molecule has 0 atom stereocenters. The fourth-order valence-corrected chi connectivity index (χ4v) is 2.03. The second kappa shape index (κ2) is 5.17. The second-order valence-corrected chi connectivity index (χ2v) is 4.55. The molecule has 0 spiro atoms. The number of hydrogen-bond donors (Lipinski definition) is 1. The molecule has 1 heterocycles. The van der Waals surface area contributed by atoms with Gasteiger partial charge >= 0.3 is 0 Å². The molecular formula is C16H14FN3. The van der Waals surface area contributed by atoms with Crippen LogP contribution >= 0.6 is 0 Å². The Kier molecular flexibility index (Phi) is 3.21. The smallest absolute Gasteiger partial charge is 0.128 e. The molecule has 2 aromatic carbocycles. The third-order valence-electron chi connectivity index (χ3n) is 3.16. The van der Waals surface area contributed by atoms with Gasteiger partial charge in [-0.1, -0.05) is 24.3 Å². The van der Waals surface area contributed by atoms with E-state index in [-0.39, 0.29) is 5.82 Å². The van der Waals surface area contributed by atoms with Gasteiger partial charge in [0.15, 0.2) is 0 Å². The summed E-state index contributed by atoms with van der Waals surface area (Å²) in [7, 11) is 1.88. The third-order valence-corrected chi connectivity index (χ3v) is 3.16. The second-order valence-electron chi connectivity index (χ2n) is 4.55. The average Bonchev–Trinajstić information content (AvgIpc) is 2.86. The van der Waals surface area contributed by atoms with Gasteiger partial charge in [-0.3, -0.25) is 4.68 Å². The Morgan fingerprint density at radius 3 is 2.05 bits per heavy atom. The van der Waals surface area contributed by atoms with E-state index >= 15 is 0 Å². The lowest BCUT2D eigenvalue weighted by atomic mass is 10.1. The minimum Gasteiger partial charge on any atom is -0.340 e. The maximum atomic E-state index is 12.9. The maximum absolute atomic E-state index is 12.9. The van der Waals surface area contributed by atoms with Gasteiger partial charge in [0.2, 0.25) is 0 Å². The van der Waals surface area contributed by atoms with Crippen molar-refractivity contribution in [1.82, 2.24) is 9.78 Å². The summed E-state index contributed by atoms with van der Waals surface area (Å²) in [4.78, 5) is 0. The van der Waals surface area contributed by atoms with Crippen LogP contribution in [0.15, 0.2) is 60.8 Å². The molecule has 1 N–H and O–H groups in total. The van der Waals surface area contributed by atoms with Crippen molar-refractivity contribution in [3.63, 3.8) is 0 Å². The van der Waals surface area contributed by atoms with E-state index < -0.39 is 0 Å². The van der Waals surface area contributed by atoms with Crippen molar-refractivity contribution < 1.29 is 4.39 Å². The number of hydrogen-bond acceptors (Lipinski definition) is 2. The molecule has 0 aliphatic rings. The summed E-state index contributed by atoms with van der Waals surface area (Å²) in [6.07, 6.45) is 1.75. The van der Waals surface area contributed by atoms with E-state index in [4.69, 9.17) is 0 Å². The van der Waals surface area contributed by atoms with Crippen LogP contribution in [0.4, 0.5) is 15.9 Å². The fourth-order valence-electron chi connectivity index (χ4n) is 2.03. The average molecular weight is 267 g/mol. The normalized spacial score (nSPS) is 10.5. The third kappa shape index (κ3) is 2.54. The zero-order valence-electron chi connectivity index (χ0n) is 11.0. The van der Waals surface area contributed by atoms with Crippen LogP contribution in [0.25, 0.3) is 11.1 Å². The standard InChI is InChI=1S/C16H14FN3/c1-20-16(10-11-18-20)19-15-8-4-13(5-9-15)12-2-6-14(17)7-3-12/h2-11,19H,1H3. The highest BCUT2D eigenvalue weighted by atomic mass is 19.1. The first kappa shape index (κ1) is 12.4. The monoisotopic (exact) mass is 267 g/mol. The number of nitrogens with zero attached hydrogens (tertiary/aromatic N) is 2. The first-order chi connectivity index (χ1) is 9.72. The topological polar surface area (TPSA) is 29.9 Å². The van der Waals surface area contributed by atoms with Crippen LogP contribution in [-0.4, -0.2) is 9.78 Å². The van der Waals surface area contributed by atoms with Crippen LogP contribution < -0.4 is 5.32 Å². The Hall–Kier alpha value is -2.62. The molecular weight excluding hydrogens is 253 g/mol. The number of nitrogens with one attached hydrogen (secondary N) is 1. The molecule has 20 heavy (non-hydrogen) atoms. The van der Waals surface area contributed by atoms with Gasteiger partial charge in [0.1, 0.15) is 11.6 Å². The Morgan fingerprint density at radius 2 is 1.50 bits per heavy atom. The van der Waals surface area contributed by atoms with Crippen molar-refractivity contribution in [1.29, 1.82) is 0 Å². The van der Waals surface area contributed by atoms with E-state index in [2.05, 4.69) is 10.4 Å². The van der Waals surface area contributed by atoms with E-state index in [9.17, 15) is 4.39 Å². The SMILES string of the molecule is Cn1nccc1Nc1ccc(-c2ccc(F)cc2)cc1. The highest BCUT2D eigenvalue weighted by molar-refractivity contribution is 5.67. The predicted octanol–water partition coefficient (Wildman–Crippen LogP) is 3.97. The lowest BCUT2D eigenvalue weighted by Crippen LogP contribution is -1.98. The molecule has 0 bridgehead atoms. The number of aromatic nitrogens is 2. The van der Waals surface area contributed by atoms with Crippen molar-refractivity contribution >= 4 is 11.5 Å². The van der Waals surface area contributed by atoms with Crippen LogP contribution in [0, 0.1) is 5.82 Å². The molecule has 0 radical (unpaired) electrons. The van der Waals surface area contributed by atoms with Crippen molar-refractivity contribution in [3.05, 3.63) is 66.6 Å². The summed E-state index contributed by atoms with van der Waals surface area (Å²) in [5.74, 6) is 0.711. The number of rotatable bonds is 3. The van der Waals surface area contributed by atoms with Crippen LogP contribution in [0.5, 0.6) is 0 Å².